The summed E-state index contributed by atoms with van der Waals surface area (Å²) in [5, 5.41) is -6.22. The van der Waals surface area contributed by atoms with E-state index in [1.165, 1.54) is 0 Å². The first kappa shape index (κ1) is 13.5. The molecular weight excluding hydrogens is 276 g/mol. The number of halogens is 8. The molecule has 2 atom stereocenters. The van der Waals surface area contributed by atoms with Crippen molar-refractivity contribution in [2.24, 2.45) is 0 Å². The van der Waals surface area contributed by atoms with Gasteiger partial charge in [-0.1, -0.05) is 0 Å². The summed E-state index contributed by atoms with van der Waals surface area (Å²) in [5.74, 6) is -6.34. The van der Waals surface area contributed by atoms with E-state index < -0.39 is 38.6 Å². The van der Waals surface area contributed by atoms with Gasteiger partial charge in [0, 0.05) is 0 Å². The minimum absolute atomic E-state index is 4.69. The summed E-state index contributed by atoms with van der Waals surface area (Å²) in [7, 11) is -6.67. The van der Waals surface area contributed by atoms with Crippen molar-refractivity contribution >= 4 is 9.84 Å². The molecule has 0 N–H and O–H groups in total. The van der Waals surface area contributed by atoms with Crippen LogP contribution in [0.1, 0.15) is 0 Å². The van der Waals surface area contributed by atoms with E-state index in [1.807, 2.05) is 0 Å². The Morgan fingerprint density at radius 3 is 1.50 bits per heavy atom. The van der Waals surface area contributed by atoms with Gasteiger partial charge in [-0.25, -0.2) is 26.0 Å². The second kappa shape index (κ2) is 2.99. The molecule has 0 aromatic carbocycles. The van der Waals surface area contributed by atoms with Crippen LogP contribution in [0.4, 0.5) is 35.1 Å². The molecule has 0 amide bonds. The number of sulfone groups is 1. The molecule has 0 spiro atoms. The van der Waals surface area contributed by atoms with E-state index in [1.54, 1.807) is 0 Å². The molecule has 16 heavy (non-hydrogen) atoms. The van der Waals surface area contributed by atoms with Gasteiger partial charge in [0.15, 0.2) is 0 Å². The van der Waals surface area contributed by atoms with E-state index in [2.05, 4.69) is 0 Å². The summed E-state index contributed by atoms with van der Waals surface area (Å²) in [4.78, 5) is 0. The lowest BCUT2D eigenvalue weighted by atomic mass is 10.0. The van der Waals surface area contributed by atoms with Crippen LogP contribution < -0.4 is 0 Å². The van der Waals surface area contributed by atoms with E-state index in [0.717, 1.165) is 0 Å². The molecular formula is C5H2F8O2S. The first-order valence-electron chi connectivity index (χ1n) is 3.45. The lowest BCUT2D eigenvalue weighted by Crippen LogP contribution is -2.56. The zero-order valence-electron chi connectivity index (χ0n) is 6.90. The number of hydrogen-bond donors (Lipinski definition) is 0. The van der Waals surface area contributed by atoms with Crippen molar-refractivity contribution in [2.45, 2.75) is 28.8 Å². The van der Waals surface area contributed by atoms with Crippen molar-refractivity contribution in [1.29, 1.82) is 0 Å². The third-order valence-electron chi connectivity index (χ3n) is 2.12. The highest BCUT2D eigenvalue weighted by molar-refractivity contribution is 7.93. The molecule has 1 aliphatic rings. The number of rotatable bonds is 1. The van der Waals surface area contributed by atoms with E-state index in [4.69, 9.17) is 0 Å². The molecule has 0 aromatic rings. The zero-order valence-corrected chi connectivity index (χ0v) is 7.72. The molecule has 0 saturated carbocycles. The van der Waals surface area contributed by atoms with Crippen molar-refractivity contribution in [3.8, 4) is 0 Å². The fraction of sp³-hybridized carbons (Fsp3) is 1.00. The van der Waals surface area contributed by atoms with Gasteiger partial charge in [0.05, 0.1) is 0 Å². The van der Waals surface area contributed by atoms with E-state index in [9.17, 15) is 43.5 Å². The Bertz CT molecular complexity index is 403. The van der Waals surface area contributed by atoms with Gasteiger partial charge in [-0.05, 0) is 0 Å². The lowest BCUT2D eigenvalue weighted by Gasteiger charge is -2.26. The van der Waals surface area contributed by atoms with Crippen LogP contribution in [-0.4, -0.2) is 37.2 Å². The standard InChI is InChI=1S/C5H2F8O2S/c6-1(7)3(9)2(8)16(14,15)5(12,13)4(3,10)11/h1-2H. The SMILES string of the molecule is O=S1(=O)C(F)C(F)(C(F)F)C(F)(F)C1(F)F. The quantitative estimate of drug-likeness (QED) is 0.687. The van der Waals surface area contributed by atoms with Gasteiger partial charge in [-0.3, -0.25) is 0 Å². The van der Waals surface area contributed by atoms with Gasteiger partial charge in [-0.2, -0.15) is 17.6 Å². The summed E-state index contributed by atoms with van der Waals surface area (Å²) < 4.78 is 120. The highest BCUT2D eigenvalue weighted by Gasteiger charge is 2.91. The van der Waals surface area contributed by atoms with Gasteiger partial charge in [0.2, 0.25) is 0 Å². The molecule has 1 fully saturated rings. The average Bonchev–Trinajstić information content (AvgIpc) is 2.18. The Kier molecular flexibility index (Phi) is 2.51. The molecule has 0 radical (unpaired) electrons. The molecule has 0 aliphatic carbocycles. The molecule has 2 nitrogen and oxygen atoms in total. The molecule has 2 unspecified atom stereocenters. The Morgan fingerprint density at radius 2 is 1.38 bits per heavy atom. The maximum absolute atomic E-state index is 12.9. The summed E-state index contributed by atoms with van der Waals surface area (Å²) >= 11 is 0. The van der Waals surface area contributed by atoms with Crippen LogP contribution in [-0.2, 0) is 9.84 Å². The van der Waals surface area contributed by atoms with Crippen LogP contribution >= 0.6 is 0 Å². The molecule has 1 rings (SSSR count). The molecule has 11 heteroatoms. The van der Waals surface area contributed by atoms with Crippen LogP contribution in [0.5, 0.6) is 0 Å². The molecule has 96 valence electrons. The molecule has 0 bridgehead atoms. The fourth-order valence-corrected chi connectivity index (χ4v) is 2.61. The smallest absolute Gasteiger partial charge is 0.226 e. The fourth-order valence-electron chi connectivity index (χ4n) is 1.14. The summed E-state index contributed by atoms with van der Waals surface area (Å²) in [6.07, 6.45) is -4.92. The second-order valence-electron chi connectivity index (χ2n) is 3.02. The maximum Gasteiger partial charge on any atom is 0.413 e. The van der Waals surface area contributed by atoms with Gasteiger partial charge < -0.3 is 0 Å². The lowest BCUT2D eigenvalue weighted by molar-refractivity contribution is -0.258. The van der Waals surface area contributed by atoms with Crippen molar-refractivity contribution in [2.75, 3.05) is 0 Å². The highest BCUT2D eigenvalue weighted by Crippen LogP contribution is 2.60. The second-order valence-corrected chi connectivity index (χ2v) is 5.04. The maximum atomic E-state index is 12.9. The normalized spacial score (nSPS) is 40.2. The Hall–Kier alpha value is -0.610. The summed E-state index contributed by atoms with van der Waals surface area (Å²) in [5.41, 5.74) is -10.4. The third-order valence-corrected chi connectivity index (χ3v) is 3.98. The van der Waals surface area contributed by atoms with E-state index in [0.29, 0.717) is 0 Å². The Morgan fingerprint density at radius 1 is 1.00 bits per heavy atom. The van der Waals surface area contributed by atoms with Crippen molar-refractivity contribution in [3.05, 3.63) is 0 Å². The van der Waals surface area contributed by atoms with Crippen molar-refractivity contribution < 1.29 is 43.5 Å². The molecule has 1 saturated heterocycles. The molecule has 1 heterocycles. The van der Waals surface area contributed by atoms with E-state index >= 15 is 0 Å². The topological polar surface area (TPSA) is 34.1 Å². The average molecular weight is 278 g/mol. The van der Waals surface area contributed by atoms with Gasteiger partial charge in [-0.15, -0.1) is 0 Å². The summed E-state index contributed by atoms with van der Waals surface area (Å²) in [6, 6.07) is 0. The largest absolute Gasteiger partial charge is 0.413 e. The Labute approximate surface area is 83.1 Å². The van der Waals surface area contributed by atoms with Crippen LogP contribution in [0.3, 0.4) is 0 Å². The summed E-state index contributed by atoms with van der Waals surface area (Å²) in [6.45, 7) is 0. The van der Waals surface area contributed by atoms with Crippen molar-refractivity contribution in [1.82, 2.24) is 0 Å². The van der Waals surface area contributed by atoms with Crippen LogP contribution in [0.25, 0.3) is 0 Å². The number of alkyl halides is 8. The zero-order chi connectivity index (χ0) is 13.2. The van der Waals surface area contributed by atoms with Crippen LogP contribution in [0.15, 0.2) is 0 Å². The number of hydrogen-bond acceptors (Lipinski definition) is 2. The highest BCUT2D eigenvalue weighted by atomic mass is 32.2. The minimum atomic E-state index is -6.67. The molecule has 0 aromatic heterocycles. The van der Waals surface area contributed by atoms with Gasteiger partial charge in [0.1, 0.15) is 0 Å². The first-order valence-corrected chi connectivity index (χ1v) is 5.00. The van der Waals surface area contributed by atoms with E-state index in [-0.39, 0.29) is 0 Å². The minimum Gasteiger partial charge on any atom is -0.226 e. The van der Waals surface area contributed by atoms with Crippen LogP contribution in [0, 0.1) is 0 Å². The van der Waals surface area contributed by atoms with Crippen LogP contribution in [0.2, 0.25) is 0 Å². The van der Waals surface area contributed by atoms with Gasteiger partial charge >= 0.3 is 11.2 Å². The van der Waals surface area contributed by atoms with Gasteiger partial charge in [0.25, 0.3) is 27.4 Å². The Balaban J connectivity index is 3.61. The molecule has 1 aliphatic heterocycles. The monoisotopic (exact) mass is 278 g/mol. The first-order chi connectivity index (χ1) is 6.85. The predicted octanol–water partition coefficient (Wildman–Crippen LogP) is 1.91. The van der Waals surface area contributed by atoms with Crippen molar-refractivity contribution in [3.63, 3.8) is 0 Å². The predicted molar refractivity (Wildman–Crippen MR) is 33.6 cm³/mol. The third kappa shape index (κ3) is 1.04.